The molecule has 0 radical (unpaired) electrons. The first kappa shape index (κ1) is 14.4. The van der Waals surface area contributed by atoms with E-state index in [4.69, 9.17) is 0 Å². The Morgan fingerprint density at radius 1 is 1.36 bits per heavy atom. The summed E-state index contributed by atoms with van der Waals surface area (Å²) in [5.74, 6) is 0. The molecule has 0 spiro atoms. The lowest BCUT2D eigenvalue weighted by molar-refractivity contribution is 0.541. The first-order valence-electron chi connectivity index (χ1n) is 4.80. The Labute approximate surface area is 95.8 Å². The van der Waals surface area contributed by atoms with E-state index in [0.29, 0.717) is 11.4 Å². The van der Waals surface area contributed by atoms with Gasteiger partial charge in [0.05, 0.1) is 4.75 Å². The molecule has 0 aromatic heterocycles. The lowest BCUT2D eigenvalue weighted by Crippen LogP contribution is -2.39. The highest BCUT2D eigenvalue weighted by Crippen LogP contribution is 2.13. The molecule has 0 heterocycles. The Hall–Kier alpha value is 0.390. The third-order valence-corrected chi connectivity index (χ3v) is 4.53. The molecule has 5 heteroatoms. The van der Waals surface area contributed by atoms with Crippen LogP contribution in [-0.4, -0.2) is 24.5 Å². The highest BCUT2D eigenvalue weighted by atomic mass is 79.9. The molecule has 86 valence electrons. The zero-order chi connectivity index (χ0) is 11.4. The zero-order valence-corrected chi connectivity index (χ0v) is 11.7. The van der Waals surface area contributed by atoms with Crippen LogP contribution in [0, 0.1) is 0 Å². The quantitative estimate of drug-likeness (QED) is 0.622. The number of halogens is 1. The highest BCUT2D eigenvalue weighted by molar-refractivity contribution is 9.09. The smallest absolute Gasteiger partial charge is 0.215 e. The minimum absolute atomic E-state index is 0.446. The molecular formula is C9H20BrNO2S. The van der Waals surface area contributed by atoms with Gasteiger partial charge in [-0.05, 0) is 33.6 Å². The van der Waals surface area contributed by atoms with Crippen LogP contribution >= 0.6 is 15.9 Å². The second-order valence-corrected chi connectivity index (χ2v) is 8.52. The maximum atomic E-state index is 11.6. The number of nitrogens with one attached hydrogen (secondary N) is 1. The predicted octanol–water partition coefficient (Wildman–Crippen LogP) is 2.27. The molecular weight excluding hydrogens is 266 g/mol. The Kier molecular flexibility index (Phi) is 5.62. The molecule has 0 saturated heterocycles. The van der Waals surface area contributed by atoms with Gasteiger partial charge in [-0.15, -0.1) is 0 Å². The van der Waals surface area contributed by atoms with Crippen LogP contribution in [0.25, 0.3) is 0 Å². The molecule has 0 amide bonds. The fraction of sp³-hybridized carbons (Fsp3) is 1.00. The summed E-state index contributed by atoms with van der Waals surface area (Å²) < 4.78 is 25.0. The molecule has 0 aliphatic rings. The van der Waals surface area contributed by atoms with Gasteiger partial charge in [-0.3, -0.25) is 0 Å². The third-order valence-electron chi connectivity index (χ3n) is 1.88. The molecule has 1 atom stereocenters. The molecule has 3 nitrogen and oxygen atoms in total. The normalized spacial score (nSPS) is 15.5. The van der Waals surface area contributed by atoms with E-state index in [-0.39, 0.29) is 0 Å². The summed E-state index contributed by atoms with van der Waals surface area (Å²) in [5.41, 5.74) is 0. The van der Waals surface area contributed by atoms with Crippen molar-refractivity contribution >= 4 is 26.0 Å². The van der Waals surface area contributed by atoms with E-state index in [1.807, 2.05) is 0 Å². The van der Waals surface area contributed by atoms with Gasteiger partial charge in [0.1, 0.15) is 0 Å². The van der Waals surface area contributed by atoms with Crippen molar-refractivity contribution in [1.82, 2.24) is 4.72 Å². The van der Waals surface area contributed by atoms with E-state index >= 15 is 0 Å². The summed E-state index contributed by atoms with van der Waals surface area (Å²) in [6.07, 6.45) is 1.84. The summed E-state index contributed by atoms with van der Waals surface area (Å²) in [6.45, 7) is 7.67. The zero-order valence-electron chi connectivity index (χ0n) is 9.30. The molecule has 14 heavy (non-hydrogen) atoms. The lowest BCUT2D eigenvalue weighted by atomic mass is 10.2. The molecule has 1 N–H and O–H groups in total. The van der Waals surface area contributed by atoms with Crippen LogP contribution in [0.5, 0.6) is 0 Å². The topological polar surface area (TPSA) is 46.2 Å². The predicted molar refractivity (Wildman–Crippen MR) is 64.3 cm³/mol. The van der Waals surface area contributed by atoms with Gasteiger partial charge in [0, 0.05) is 11.4 Å². The molecule has 0 aromatic carbocycles. The molecule has 1 unspecified atom stereocenters. The van der Waals surface area contributed by atoms with Crippen molar-refractivity contribution < 1.29 is 8.42 Å². The minimum Gasteiger partial charge on any atom is -0.215 e. The van der Waals surface area contributed by atoms with Crippen molar-refractivity contribution in [2.75, 3.05) is 6.54 Å². The largest absolute Gasteiger partial charge is 0.216 e. The number of alkyl halides is 1. The fourth-order valence-corrected chi connectivity index (χ4v) is 1.98. The average Bonchev–Trinajstić information content (AvgIpc) is 1.95. The standard InChI is InChI=1S/C9H20BrNO2S/c1-8(10)6-5-7-11-14(12,13)9(2,3)4/h8,11H,5-7H2,1-4H3. The maximum absolute atomic E-state index is 11.6. The second-order valence-electron chi connectivity index (χ2n) is 4.43. The molecule has 0 aromatic rings. The molecule has 0 aliphatic carbocycles. The molecule has 0 saturated carbocycles. The number of rotatable bonds is 5. The van der Waals surface area contributed by atoms with Gasteiger partial charge in [-0.25, -0.2) is 13.1 Å². The van der Waals surface area contributed by atoms with E-state index in [0.717, 1.165) is 12.8 Å². The number of sulfonamides is 1. The van der Waals surface area contributed by atoms with Crippen molar-refractivity contribution in [2.45, 2.75) is 50.1 Å². The van der Waals surface area contributed by atoms with Gasteiger partial charge >= 0.3 is 0 Å². The van der Waals surface area contributed by atoms with Crippen molar-refractivity contribution in [3.05, 3.63) is 0 Å². The lowest BCUT2D eigenvalue weighted by Gasteiger charge is -2.19. The monoisotopic (exact) mass is 285 g/mol. The van der Waals surface area contributed by atoms with Crippen LogP contribution < -0.4 is 4.72 Å². The van der Waals surface area contributed by atoms with Crippen LogP contribution in [-0.2, 0) is 10.0 Å². The fourth-order valence-electron chi connectivity index (χ4n) is 0.806. The molecule has 0 bridgehead atoms. The van der Waals surface area contributed by atoms with Crippen molar-refractivity contribution in [3.63, 3.8) is 0 Å². The number of hydrogen-bond acceptors (Lipinski definition) is 2. The van der Waals surface area contributed by atoms with Crippen molar-refractivity contribution in [3.8, 4) is 0 Å². The first-order chi connectivity index (χ1) is 6.17. The Bertz CT molecular complexity index is 254. The van der Waals surface area contributed by atoms with E-state index in [1.165, 1.54) is 0 Å². The van der Waals surface area contributed by atoms with Gasteiger partial charge in [-0.2, -0.15) is 0 Å². The highest BCUT2D eigenvalue weighted by Gasteiger charge is 2.27. The Balaban J connectivity index is 3.91. The van der Waals surface area contributed by atoms with Crippen LogP contribution in [0.3, 0.4) is 0 Å². The molecule has 0 fully saturated rings. The first-order valence-corrected chi connectivity index (χ1v) is 7.20. The van der Waals surface area contributed by atoms with Crippen molar-refractivity contribution in [2.24, 2.45) is 0 Å². The van der Waals surface area contributed by atoms with Crippen LogP contribution in [0.1, 0.15) is 40.5 Å². The summed E-state index contributed by atoms with van der Waals surface area (Å²) in [7, 11) is -3.16. The van der Waals surface area contributed by atoms with Crippen LogP contribution in [0.15, 0.2) is 0 Å². The molecule has 0 aliphatic heterocycles. The Morgan fingerprint density at radius 2 is 1.86 bits per heavy atom. The Morgan fingerprint density at radius 3 is 2.21 bits per heavy atom. The van der Waals surface area contributed by atoms with Gasteiger partial charge < -0.3 is 0 Å². The summed E-state index contributed by atoms with van der Waals surface area (Å²) >= 11 is 3.42. The SMILES string of the molecule is CC(Br)CCCNS(=O)(=O)C(C)(C)C. The molecule has 0 rings (SSSR count). The summed E-state index contributed by atoms with van der Waals surface area (Å²) in [4.78, 5) is 0.446. The van der Waals surface area contributed by atoms with E-state index < -0.39 is 14.8 Å². The van der Waals surface area contributed by atoms with Crippen molar-refractivity contribution in [1.29, 1.82) is 0 Å². The van der Waals surface area contributed by atoms with E-state index in [1.54, 1.807) is 20.8 Å². The average molecular weight is 286 g/mol. The van der Waals surface area contributed by atoms with Crippen LogP contribution in [0.2, 0.25) is 0 Å². The summed E-state index contributed by atoms with van der Waals surface area (Å²) in [6, 6.07) is 0. The van der Waals surface area contributed by atoms with E-state index in [2.05, 4.69) is 27.6 Å². The summed E-state index contributed by atoms with van der Waals surface area (Å²) in [5, 5.41) is 0. The van der Waals surface area contributed by atoms with Gasteiger partial charge in [-0.1, -0.05) is 22.9 Å². The van der Waals surface area contributed by atoms with E-state index in [9.17, 15) is 8.42 Å². The van der Waals surface area contributed by atoms with Gasteiger partial charge in [0.2, 0.25) is 10.0 Å². The van der Waals surface area contributed by atoms with Gasteiger partial charge in [0.15, 0.2) is 0 Å². The van der Waals surface area contributed by atoms with Gasteiger partial charge in [0.25, 0.3) is 0 Å². The minimum atomic E-state index is -3.16. The second kappa shape index (κ2) is 5.47. The maximum Gasteiger partial charge on any atom is 0.216 e. The number of hydrogen-bond donors (Lipinski definition) is 1. The van der Waals surface area contributed by atoms with Crippen LogP contribution in [0.4, 0.5) is 0 Å². The third kappa shape index (κ3) is 5.32.